The molecule has 14 heteroatoms. The molecule has 0 aromatic rings. The Balaban J connectivity index is -0.000000149. The van der Waals surface area contributed by atoms with Crippen LogP contribution in [0, 0.1) is 13.3 Å². The number of rotatable bonds is 8. The van der Waals surface area contributed by atoms with Gasteiger partial charge < -0.3 is 28.9 Å². The van der Waals surface area contributed by atoms with Crippen LogP contribution in [0.15, 0.2) is 0 Å². The van der Waals surface area contributed by atoms with Gasteiger partial charge in [0.25, 0.3) is 0 Å². The molecule has 2 rings (SSSR count). The summed E-state index contributed by atoms with van der Waals surface area (Å²) >= 11 is 3.66. The van der Waals surface area contributed by atoms with Crippen molar-refractivity contribution in [3.05, 3.63) is 22.6 Å². The first-order chi connectivity index (χ1) is 18.6. The number of nitrogens with zero attached hydrogens (tertiary/aromatic N) is 6. The summed E-state index contributed by atoms with van der Waals surface area (Å²) in [6.07, 6.45) is 0. The van der Waals surface area contributed by atoms with Gasteiger partial charge in [-0.25, -0.2) is 13.3 Å². The number of hydrogen-bond acceptors (Lipinski definition) is 4. The monoisotopic (exact) mass is 814 g/mol. The zero-order valence-electron chi connectivity index (χ0n) is 33.0. The Morgan fingerprint density at radius 2 is 0.591 bits per heavy atom. The van der Waals surface area contributed by atoms with E-state index in [0.717, 1.165) is 0 Å². The van der Waals surface area contributed by atoms with Gasteiger partial charge in [0.2, 0.25) is 0 Å². The van der Waals surface area contributed by atoms with E-state index in [1.54, 1.807) is 0 Å². The van der Waals surface area contributed by atoms with Gasteiger partial charge in [-0.2, -0.15) is 0 Å². The second-order valence-corrected chi connectivity index (χ2v) is 35.6. The van der Waals surface area contributed by atoms with Crippen LogP contribution in [0.2, 0.25) is 78.6 Å². The Labute approximate surface area is 328 Å². The molecule has 2 fully saturated rings. The van der Waals surface area contributed by atoms with Crippen LogP contribution in [0.4, 0.5) is 0 Å². The van der Waals surface area contributed by atoms with Crippen molar-refractivity contribution in [2.24, 2.45) is 0 Å². The van der Waals surface area contributed by atoms with Gasteiger partial charge in [-0.1, -0.05) is 167 Å². The molecule has 0 aromatic carbocycles. The normalized spacial score (nSPS) is 17.1. The van der Waals surface area contributed by atoms with E-state index in [-0.39, 0.29) is 46.6 Å². The van der Waals surface area contributed by atoms with Gasteiger partial charge in [0.1, 0.15) is 0 Å². The first kappa shape index (κ1) is 56.3. The Morgan fingerprint density at radius 1 is 0.455 bits per heavy atom. The third-order valence-corrected chi connectivity index (χ3v) is 16.6. The minimum atomic E-state index is -1.11. The molecule has 0 aromatic heterocycles. The van der Waals surface area contributed by atoms with Crippen LogP contribution in [0.3, 0.4) is 0 Å². The van der Waals surface area contributed by atoms with Crippen LogP contribution in [-0.4, -0.2) is 103 Å². The molecule has 0 spiro atoms. The van der Waals surface area contributed by atoms with Crippen LogP contribution in [0.25, 0.3) is 9.30 Å². The molecule has 2 aliphatic heterocycles. The van der Waals surface area contributed by atoms with E-state index < -0.39 is 32.9 Å². The Hall–Kier alpha value is 2.96. The third-order valence-electron chi connectivity index (χ3n) is 5.82. The van der Waals surface area contributed by atoms with Gasteiger partial charge >= 0.3 is 71.8 Å². The van der Waals surface area contributed by atoms with Gasteiger partial charge in [-0.05, 0) is 50.3 Å². The first-order valence-electron chi connectivity index (χ1n) is 16.0. The standard InChI is InChI=1S/2C9H19N2.2C6H18NSi2.ClH.2Cu.Na/c2*1-8(2)10-5-6-11(7-10)9(3)4;2*1-8(2,3)7-9(4,5)6;;;;/h2*7-9H,5-6H2,1-4H3;2*1-6H3;1H;;;/q4*-1;;2*+2;+1/p-1. The molecule has 1 radical (unpaired) electrons. The predicted molar refractivity (Wildman–Crippen MR) is 202 cm³/mol. The summed E-state index contributed by atoms with van der Waals surface area (Å²) < 4.78 is 9.64. The molecule has 2 heterocycles. The van der Waals surface area contributed by atoms with Crippen LogP contribution in [0.1, 0.15) is 55.4 Å². The maximum atomic E-state index is 4.82. The van der Waals surface area contributed by atoms with Crippen LogP contribution in [-0.2, 0) is 32.2 Å². The fourth-order valence-corrected chi connectivity index (χ4v) is 20.8. The zero-order chi connectivity index (χ0) is 34.3. The summed E-state index contributed by atoms with van der Waals surface area (Å²) in [5.74, 6) is 0. The molecule has 0 bridgehead atoms. The SMILES string of the molecule is CC(C)N1[CH-]N(C(C)C)CC1.CC(C)N1[CH-]N(C(C)C)CC1.C[Si](C)(C)[N-][Si](C)(C)C.C[Si](C)(C)[N-][Si](C)(C)C.[Cl][Cu+].[Cu+2].[Na+]. The van der Waals surface area contributed by atoms with Gasteiger partial charge in [-0.15, -0.1) is 0 Å². The maximum absolute atomic E-state index is 4.82. The van der Waals surface area contributed by atoms with Gasteiger partial charge in [0.15, 0.2) is 0 Å². The Bertz CT molecular complexity index is 564. The largest absolute Gasteiger partial charge is 2.00 e. The first-order valence-corrected chi connectivity index (χ1v) is 31.0. The van der Waals surface area contributed by atoms with E-state index in [9.17, 15) is 0 Å². The molecular formula is C30H74ClCu2N6NaSi4. The number of halogens is 1. The summed E-state index contributed by atoms with van der Waals surface area (Å²) in [5.41, 5.74) is 0. The molecular weight excluding hydrogens is 742 g/mol. The molecule has 2 saturated heterocycles. The van der Waals surface area contributed by atoms with Crippen molar-refractivity contribution in [1.82, 2.24) is 19.6 Å². The van der Waals surface area contributed by atoms with Gasteiger partial charge in [0, 0.05) is 0 Å². The summed E-state index contributed by atoms with van der Waals surface area (Å²) in [5, 5.41) is 0. The summed E-state index contributed by atoms with van der Waals surface area (Å²) in [6.45, 7) is 54.7. The smallest absolute Gasteiger partial charge is 1.00 e. The molecule has 6 nitrogen and oxygen atoms in total. The zero-order valence-corrected chi connectivity index (χ0v) is 41.6. The molecule has 0 aliphatic carbocycles. The van der Waals surface area contributed by atoms with Crippen molar-refractivity contribution in [2.45, 2.75) is 158 Å². The Kier molecular flexibility index (Phi) is 34.2. The molecule has 2 aliphatic rings. The summed E-state index contributed by atoms with van der Waals surface area (Å²) in [7, 11) is -0.222. The van der Waals surface area contributed by atoms with Crippen molar-refractivity contribution in [1.29, 1.82) is 0 Å². The van der Waals surface area contributed by atoms with E-state index in [2.05, 4.69) is 192 Å². The molecule has 0 N–H and O–H groups in total. The fourth-order valence-electron chi connectivity index (χ4n) is 4.65. The average molecular weight is 817 g/mol. The molecule has 0 amide bonds. The van der Waals surface area contributed by atoms with Crippen molar-refractivity contribution in [3.63, 3.8) is 0 Å². The second kappa shape index (κ2) is 26.7. The Morgan fingerprint density at radius 3 is 0.636 bits per heavy atom. The summed E-state index contributed by atoms with van der Waals surface area (Å²) in [4.78, 5) is 9.56. The fraction of sp³-hybridized carbons (Fsp3) is 0.933. The van der Waals surface area contributed by atoms with Gasteiger partial charge in [-0.3, -0.25) is 0 Å². The van der Waals surface area contributed by atoms with E-state index >= 15 is 0 Å². The number of hydrogen-bond donors (Lipinski definition) is 0. The summed E-state index contributed by atoms with van der Waals surface area (Å²) in [6, 6.07) is 2.61. The molecule has 0 saturated carbocycles. The van der Waals surface area contributed by atoms with Crippen molar-refractivity contribution >= 4 is 43.0 Å². The van der Waals surface area contributed by atoms with E-state index in [1.807, 2.05) is 0 Å². The minimum Gasteiger partial charge on any atom is 1.00 e. The average Bonchev–Trinajstić information content (AvgIpc) is 3.42. The van der Waals surface area contributed by atoms with E-state index in [1.165, 1.54) is 26.2 Å². The van der Waals surface area contributed by atoms with Crippen molar-refractivity contribution in [2.75, 3.05) is 26.2 Å². The third kappa shape index (κ3) is 36.2. The van der Waals surface area contributed by atoms with Crippen LogP contribution < -0.4 is 29.6 Å². The van der Waals surface area contributed by atoms with Crippen molar-refractivity contribution in [3.8, 4) is 0 Å². The van der Waals surface area contributed by atoms with E-state index in [4.69, 9.17) is 9.30 Å². The molecule has 0 atom stereocenters. The van der Waals surface area contributed by atoms with Gasteiger partial charge in [0.05, 0.1) is 0 Å². The predicted octanol–water partition coefficient (Wildman–Crippen LogP) is 6.83. The maximum Gasteiger partial charge on any atom is 2.00 e. The van der Waals surface area contributed by atoms with Crippen molar-refractivity contribution < 1.29 is 61.7 Å². The van der Waals surface area contributed by atoms with E-state index in [0.29, 0.717) is 24.2 Å². The molecule has 44 heavy (non-hydrogen) atoms. The quantitative estimate of drug-likeness (QED) is 0.199. The molecule has 0 unspecified atom stereocenters. The topological polar surface area (TPSA) is 41.2 Å². The molecule has 270 valence electrons. The second-order valence-electron chi connectivity index (χ2n) is 16.5. The van der Waals surface area contributed by atoms with Crippen LogP contribution in [0.5, 0.6) is 0 Å². The van der Waals surface area contributed by atoms with Crippen LogP contribution >= 0.6 is 10.1 Å². The minimum absolute atomic E-state index is 0.